The molecule has 1 aromatic heterocycles. The molecule has 6 nitrogen and oxygen atoms in total. The highest BCUT2D eigenvalue weighted by Gasteiger charge is 2.10. The normalized spacial score (nSPS) is 10.8. The summed E-state index contributed by atoms with van der Waals surface area (Å²) in [4.78, 5) is 18.4. The first-order valence-electron chi connectivity index (χ1n) is 5.79. The lowest BCUT2D eigenvalue weighted by Crippen LogP contribution is -2.11. The predicted octanol–water partition coefficient (Wildman–Crippen LogP) is 1.36. The van der Waals surface area contributed by atoms with E-state index in [0.29, 0.717) is 31.4 Å². The van der Waals surface area contributed by atoms with Crippen LogP contribution in [0.5, 0.6) is 0 Å². The average Bonchev–Trinajstić information content (AvgIpc) is 2.33. The lowest BCUT2D eigenvalue weighted by molar-refractivity contribution is 0.0299. The van der Waals surface area contributed by atoms with Crippen molar-refractivity contribution in [3.05, 3.63) is 23.8 Å². The lowest BCUT2D eigenvalue weighted by Gasteiger charge is -2.08. The molecule has 1 N–H and O–H groups in total. The van der Waals surface area contributed by atoms with Crippen LogP contribution in [0.25, 0.3) is 0 Å². The van der Waals surface area contributed by atoms with Crippen molar-refractivity contribution < 1.29 is 19.4 Å². The van der Waals surface area contributed by atoms with E-state index in [4.69, 9.17) is 14.6 Å². The van der Waals surface area contributed by atoms with Gasteiger partial charge in [0.2, 0.25) is 0 Å². The van der Waals surface area contributed by atoms with Gasteiger partial charge in [0.25, 0.3) is 0 Å². The van der Waals surface area contributed by atoms with Gasteiger partial charge in [-0.05, 0) is 5.92 Å². The van der Waals surface area contributed by atoms with Gasteiger partial charge in [0, 0.05) is 12.8 Å². The van der Waals surface area contributed by atoms with Crippen LogP contribution in [-0.4, -0.2) is 40.9 Å². The molecule has 0 spiro atoms. The maximum atomic E-state index is 10.9. The number of hydrogen-bond acceptors (Lipinski definition) is 5. The van der Waals surface area contributed by atoms with Crippen molar-refractivity contribution in [2.24, 2.45) is 5.92 Å². The Balaban J connectivity index is 2.29. The van der Waals surface area contributed by atoms with Gasteiger partial charge < -0.3 is 14.6 Å². The molecular formula is C12H18N2O4. The summed E-state index contributed by atoms with van der Waals surface area (Å²) in [7, 11) is 0. The molecule has 0 aliphatic carbocycles. The summed E-state index contributed by atoms with van der Waals surface area (Å²) < 4.78 is 10.7. The largest absolute Gasteiger partial charge is 0.478 e. The molecule has 0 bridgehead atoms. The first-order chi connectivity index (χ1) is 8.61. The summed E-state index contributed by atoms with van der Waals surface area (Å²) in [6.07, 6.45) is 2.57. The van der Waals surface area contributed by atoms with Crippen molar-refractivity contribution in [1.29, 1.82) is 0 Å². The summed E-state index contributed by atoms with van der Waals surface area (Å²) in [5.74, 6) is -0.560. The van der Waals surface area contributed by atoms with E-state index in [1.54, 1.807) is 0 Å². The lowest BCUT2D eigenvalue weighted by atomic mass is 10.2. The van der Waals surface area contributed by atoms with Crippen LogP contribution < -0.4 is 0 Å². The van der Waals surface area contributed by atoms with Gasteiger partial charge in [0.15, 0.2) is 0 Å². The summed E-state index contributed by atoms with van der Waals surface area (Å²) >= 11 is 0. The van der Waals surface area contributed by atoms with Crippen molar-refractivity contribution in [3.8, 4) is 0 Å². The van der Waals surface area contributed by atoms with Crippen LogP contribution in [0, 0.1) is 5.92 Å². The Morgan fingerprint density at radius 2 is 2.11 bits per heavy atom. The zero-order chi connectivity index (χ0) is 13.4. The molecule has 0 aliphatic rings. The SMILES string of the molecule is CC(C)COCCOCc1ncncc1C(=O)O. The van der Waals surface area contributed by atoms with Crippen LogP contribution in [0.4, 0.5) is 0 Å². The molecule has 0 fully saturated rings. The molecule has 1 rings (SSSR count). The van der Waals surface area contributed by atoms with Crippen LogP contribution in [0.3, 0.4) is 0 Å². The van der Waals surface area contributed by atoms with E-state index in [-0.39, 0.29) is 12.2 Å². The van der Waals surface area contributed by atoms with Crippen molar-refractivity contribution in [2.45, 2.75) is 20.5 Å². The van der Waals surface area contributed by atoms with Gasteiger partial charge in [-0.3, -0.25) is 0 Å². The summed E-state index contributed by atoms with van der Waals surface area (Å²) in [6.45, 7) is 5.88. The first-order valence-corrected chi connectivity index (χ1v) is 5.79. The molecule has 100 valence electrons. The van der Waals surface area contributed by atoms with Gasteiger partial charge >= 0.3 is 5.97 Å². The fraction of sp³-hybridized carbons (Fsp3) is 0.583. The van der Waals surface area contributed by atoms with Gasteiger partial charge in [-0.1, -0.05) is 13.8 Å². The zero-order valence-electron chi connectivity index (χ0n) is 10.6. The maximum absolute atomic E-state index is 10.9. The fourth-order valence-corrected chi connectivity index (χ4v) is 1.25. The minimum Gasteiger partial charge on any atom is -0.478 e. The highest BCUT2D eigenvalue weighted by molar-refractivity contribution is 5.88. The van der Waals surface area contributed by atoms with Crippen molar-refractivity contribution >= 4 is 5.97 Å². The average molecular weight is 254 g/mol. The van der Waals surface area contributed by atoms with Gasteiger partial charge in [0.1, 0.15) is 11.9 Å². The monoisotopic (exact) mass is 254 g/mol. The molecule has 0 atom stereocenters. The molecular weight excluding hydrogens is 236 g/mol. The van der Waals surface area contributed by atoms with Crippen molar-refractivity contribution in [2.75, 3.05) is 19.8 Å². The van der Waals surface area contributed by atoms with E-state index in [0.717, 1.165) is 0 Å². The third-order valence-corrected chi connectivity index (χ3v) is 2.09. The third-order valence-electron chi connectivity index (χ3n) is 2.09. The molecule has 0 aromatic carbocycles. The highest BCUT2D eigenvalue weighted by Crippen LogP contribution is 2.05. The number of nitrogens with zero attached hydrogens (tertiary/aromatic N) is 2. The number of aromatic nitrogens is 2. The van der Waals surface area contributed by atoms with E-state index >= 15 is 0 Å². The van der Waals surface area contributed by atoms with E-state index in [1.165, 1.54) is 12.5 Å². The van der Waals surface area contributed by atoms with Crippen LogP contribution in [0.15, 0.2) is 12.5 Å². The van der Waals surface area contributed by atoms with Gasteiger partial charge in [0.05, 0.1) is 25.5 Å². The number of carbonyl (C=O) groups is 1. The van der Waals surface area contributed by atoms with Gasteiger partial charge in [-0.15, -0.1) is 0 Å². The third kappa shape index (κ3) is 5.20. The molecule has 1 heterocycles. The van der Waals surface area contributed by atoms with Crippen LogP contribution in [-0.2, 0) is 16.1 Å². The maximum Gasteiger partial charge on any atom is 0.339 e. The Kier molecular flexibility index (Phi) is 6.24. The second-order valence-electron chi connectivity index (χ2n) is 4.21. The second kappa shape index (κ2) is 7.73. The van der Waals surface area contributed by atoms with E-state index in [9.17, 15) is 4.79 Å². The summed E-state index contributed by atoms with van der Waals surface area (Å²) in [5, 5.41) is 8.91. The van der Waals surface area contributed by atoms with E-state index in [2.05, 4.69) is 23.8 Å². The number of carboxylic acid groups (broad SMARTS) is 1. The molecule has 0 unspecified atom stereocenters. The van der Waals surface area contributed by atoms with Crippen LogP contribution in [0.2, 0.25) is 0 Å². The molecule has 18 heavy (non-hydrogen) atoms. The number of hydrogen-bond donors (Lipinski definition) is 1. The number of carboxylic acids is 1. The topological polar surface area (TPSA) is 81.5 Å². The Bertz CT molecular complexity index is 382. The van der Waals surface area contributed by atoms with Crippen molar-refractivity contribution in [3.63, 3.8) is 0 Å². The molecule has 6 heteroatoms. The van der Waals surface area contributed by atoms with E-state index < -0.39 is 5.97 Å². The summed E-state index contributed by atoms with van der Waals surface area (Å²) in [5.41, 5.74) is 0.446. The van der Waals surface area contributed by atoms with Gasteiger partial charge in [-0.2, -0.15) is 0 Å². The molecule has 0 radical (unpaired) electrons. The fourth-order valence-electron chi connectivity index (χ4n) is 1.25. The number of rotatable bonds is 8. The Morgan fingerprint density at radius 1 is 1.39 bits per heavy atom. The molecule has 0 aliphatic heterocycles. The Hall–Kier alpha value is -1.53. The minimum absolute atomic E-state index is 0.0700. The smallest absolute Gasteiger partial charge is 0.339 e. The molecule has 0 saturated heterocycles. The Labute approximate surface area is 106 Å². The van der Waals surface area contributed by atoms with Crippen molar-refractivity contribution in [1.82, 2.24) is 9.97 Å². The predicted molar refractivity (Wildman–Crippen MR) is 64.3 cm³/mol. The molecule has 0 saturated carbocycles. The second-order valence-corrected chi connectivity index (χ2v) is 4.21. The zero-order valence-corrected chi connectivity index (χ0v) is 10.6. The number of aromatic carboxylic acids is 1. The number of ether oxygens (including phenoxy) is 2. The van der Waals surface area contributed by atoms with E-state index in [1.807, 2.05) is 0 Å². The standard InChI is InChI=1S/C12H18N2O4/c1-9(2)6-17-3-4-18-7-11-10(12(15)16)5-13-8-14-11/h5,8-9H,3-4,6-7H2,1-2H3,(H,15,16). The molecule has 1 aromatic rings. The minimum atomic E-state index is -1.05. The summed E-state index contributed by atoms with van der Waals surface area (Å²) in [6, 6.07) is 0. The van der Waals surface area contributed by atoms with Crippen LogP contribution >= 0.6 is 0 Å². The highest BCUT2D eigenvalue weighted by atomic mass is 16.5. The van der Waals surface area contributed by atoms with Gasteiger partial charge in [-0.25, -0.2) is 14.8 Å². The Morgan fingerprint density at radius 3 is 2.78 bits per heavy atom. The quantitative estimate of drug-likeness (QED) is 0.705. The molecule has 0 amide bonds. The van der Waals surface area contributed by atoms with Crippen LogP contribution in [0.1, 0.15) is 29.9 Å². The first kappa shape index (κ1) is 14.5.